The van der Waals surface area contributed by atoms with Crippen molar-refractivity contribution in [3.63, 3.8) is 0 Å². The molecule has 0 aromatic carbocycles. The molecule has 2 N–H and O–H groups in total. The minimum absolute atomic E-state index is 0.207. The van der Waals surface area contributed by atoms with Crippen LogP contribution in [0.5, 0.6) is 0 Å². The largest absolute Gasteiger partial charge is 0.382 e. The molecule has 2 unspecified atom stereocenters. The lowest BCUT2D eigenvalue weighted by molar-refractivity contribution is -0.0494. The zero-order chi connectivity index (χ0) is 10.9. The van der Waals surface area contributed by atoms with Gasteiger partial charge in [0, 0.05) is 31.4 Å². The Balaban J connectivity index is 2.34. The molecule has 0 radical (unpaired) electrons. The Morgan fingerprint density at radius 3 is 3.20 bits per heavy atom. The highest BCUT2D eigenvalue weighted by Gasteiger charge is 2.40. The average molecular weight is 209 g/mol. The normalized spacial score (nSPS) is 31.8. The molecule has 15 heavy (non-hydrogen) atoms. The molecule has 0 amide bonds. The van der Waals surface area contributed by atoms with E-state index in [1.54, 1.807) is 6.20 Å². The fourth-order valence-electron chi connectivity index (χ4n) is 2.29. The van der Waals surface area contributed by atoms with E-state index in [1.807, 2.05) is 10.8 Å². The maximum atomic E-state index is 10.7. The molecule has 2 atom stereocenters. The Morgan fingerprint density at radius 2 is 2.53 bits per heavy atom. The summed E-state index contributed by atoms with van der Waals surface area (Å²) in [5.41, 5.74) is -0.759. The van der Waals surface area contributed by atoms with Gasteiger partial charge in [-0.15, -0.1) is 0 Å². The van der Waals surface area contributed by atoms with E-state index in [0.29, 0.717) is 0 Å². The predicted molar refractivity (Wildman–Crippen MR) is 58.4 cm³/mol. The number of nitrogens with zero attached hydrogens (tertiary/aromatic N) is 2. The quantitative estimate of drug-likeness (QED) is 0.754. The predicted octanol–water partition coefficient (Wildman–Crippen LogP) is 0.720. The summed E-state index contributed by atoms with van der Waals surface area (Å²) in [6, 6.07) is 0. The zero-order valence-corrected chi connectivity index (χ0v) is 9.40. The molecular weight excluding hydrogens is 190 g/mol. The van der Waals surface area contributed by atoms with Crippen LogP contribution in [-0.2, 0) is 12.1 Å². The van der Waals surface area contributed by atoms with Crippen molar-refractivity contribution in [1.82, 2.24) is 14.9 Å². The molecule has 4 nitrogen and oxygen atoms in total. The molecule has 84 valence electrons. The lowest BCUT2D eigenvalue weighted by Gasteiger charge is -2.38. The van der Waals surface area contributed by atoms with Gasteiger partial charge in [-0.05, 0) is 19.9 Å². The van der Waals surface area contributed by atoms with Gasteiger partial charge >= 0.3 is 0 Å². The molecular formula is C11H19N3O. The first-order valence-corrected chi connectivity index (χ1v) is 5.63. The molecule has 1 aromatic heterocycles. The van der Waals surface area contributed by atoms with Crippen LogP contribution in [0.4, 0.5) is 0 Å². The topological polar surface area (TPSA) is 50.1 Å². The van der Waals surface area contributed by atoms with Crippen LogP contribution in [0.2, 0.25) is 0 Å². The Bertz CT molecular complexity index is 336. The van der Waals surface area contributed by atoms with Gasteiger partial charge in [0.25, 0.3) is 0 Å². The van der Waals surface area contributed by atoms with Crippen LogP contribution in [-0.4, -0.2) is 27.7 Å². The summed E-state index contributed by atoms with van der Waals surface area (Å²) >= 11 is 0. The lowest BCUT2D eigenvalue weighted by atomic mass is 9.82. The van der Waals surface area contributed by atoms with E-state index in [-0.39, 0.29) is 5.92 Å². The van der Waals surface area contributed by atoms with E-state index in [1.165, 1.54) is 0 Å². The minimum atomic E-state index is -0.759. The molecule has 2 rings (SSSR count). The van der Waals surface area contributed by atoms with Gasteiger partial charge in [-0.3, -0.25) is 0 Å². The van der Waals surface area contributed by atoms with Crippen LogP contribution in [0.25, 0.3) is 0 Å². The van der Waals surface area contributed by atoms with Crippen molar-refractivity contribution in [2.75, 3.05) is 13.1 Å². The lowest BCUT2D eigenvalue weighted by Crippen LogP contribution is -2.48. The number of rotatable bonds is 2. The van der Waals surface area contributed by atoms with Gasteiger partial charge in [-0.2, -0.15) is 0 Å². The standard InChI is InChI=1S/C11H19N3O/c1-3-14-7-6-13-10(14)11(15)4-5-12-8-9(11)2/h6-7,9,12,15H,3-5,8H2,1-2H3. The van der Waals surface area contributed by atoms with Crippen molar-refractivity contribution in [3.8, 4) is 0 Å². The zero-order valence-electron chi connectivity index (χ0n) is 9.40. The van der Waals surface area contributed by atoms with Gasteiger partial charge in [0.05, 0.1) is 0 Å². The van der Waals surface area contributed by atoms with E-state index in [2.05, 4.69) is 24.1 Å². The van der Waals surface area contributed by atoms with E-state index in [0.717, 1.165) is 31.9 Å². The number of imidazole rings is 1. The number of nitrogens with one attached hydrogen (secondary N) is 1. The van der Waals surface area contributed by atoms with Crippen LogP contribution in [0.3, 0.4) is 0 Å². The number of aromatic nitrogens is 2. The third-order valence-corrected chi connectivity index (χ3v) is 3.39. The first-order chi connectivity index (χ1) is 7.18. The average Bonchev–Trinajstić information content (AvgIpc) is 2.71. The summed E-state index contributed by atoms with van der Waals surface area (Å²) in [7, 11) is 0. The molecule has 0 aliphatic carbocycles. The van der Waals surface area contributed by atoms with Gasteiger partial charge in [-0.1, -0.05) is 6.92 Å². The molecule has 1 saturated heterocycles. The van der Waals surface area contributed by atoms with Gasteiger partial charge in [0.1, 0.15) is 11.4 Å². The van der Waals surface area contributed by atoms with Crippen molar-refractivity contribution < 1.29 is 5.11 Å². The van der Waals surface area contributed by atoms with Crippen LogP contribution in [0.15, 0.2) is 12.4 Å². The smallest absolute Gasteiger partial charge is 0.141 e. The minimum Gasteiger partial charge on any atom is -0.382 e. The molecule has 1 aromatic rings. The maximum absolute atomic E-state index is 10.7. The third-order valence-electron chi connectivity index (χ3n) is 3.39. The Morgan fingerprint density at radius 1 is 1.73 bits per heavy atom. The van der Waals surface area contributed by atoms with Crippen LogP contribution in [0, 0.1) is 5.92 Å². The molecule has 1 fully saturated rings. The highest BCUT2D eigenvalue weighted by molar-refractivity contribution is 5.09. The van der Waals surface area contributed by atoms with Crippen LogP contribution < -0.4 is 5.32 Å². The molecule has 1 aliphatic heterocycles. The van der Waals surface area contributed by atoms with Gasteiger partial charge in [0.2, 0.25) is 0 Å². The molecule has 2 heterocycles. The molecule has 0 bridgehead atoms. The number of hydrogen-bond acceptors (Lipinski definition) is 3. The first-order valence-electron chi connectivity index (χ1n) is 5.63. The Kier molecular flexibility index (Phi) is 2.80. The summed E-state index contributed by atoms with van der Waals surface area (Å²) < 4.78 is 2.03. The van der Waals surface area contributed by atoms with Gasteiger partial charge in [-0.25, -0.2) is 4.98 Å². The number of piperidine rings is 1. The second kappa shape index (κ2) is 3.94. The second-order valence-corrected chi connectivity index (χ2v) is 4.32. The van der Waals surface area contributed by atoms with Crippen molar-refractivity contribution in [3.05, 3.63) is 18.2 Å². The van der Waals surface area contributed by atoms with Crippen molar-refractivity contribution in [1.29, 1.82) is 0 Å². The maximum Gasteiger partial charge on any atom is 0.141 e. The van der Waals surface area contributed by atoms with E-state index < -0.39 is 5.60 Å². The summed E-state index contributed by atoms with van der Waals surface area (Å²) in [5, 5.41) is 14.0. The first kappa shape index (κ1) is 10.6. The van der Waals surface area contributed by atoms with Crippen molar-refractivity contribution in [2.24, 2.45) is 5.92 Å². The molecule has 1 aliphatic rings. The van der Waals surface area contributed by atoms with Gasteiger partial charge in [0.15, 0.2) is 0 Å². The van der Waals surface area contributed by atoms with E-state index in [4.69, 9.17) is 0 Å². The number of hydrogen-bond donors (Lipinski definition) is 2. The second-order valence-electron chi connectivity index (χ2n) is 4.32. The van der Waals surface area contributed by atoms with Crippen LogP contribution >= 0.6 is 0 Å². The van der Waals surface area contributed by atoms with E-state index in [9.17, 15) is 5.11 Å². The number of aryl methyl sites for hydroxylation is 1. The van der Waals surface area contributed by atoms with E-state index >= 15 is 0 Å². The third kappa shape index (κ3) is 1.68. The summed E-state index contributed by atoms with van der Waals surface area (Å²) in [6.45, 7) is 6.71. The van der Waals surface area contributed by atoms with Gasteiger partial charge < -0.3 is 15.0 Å². The van der Waals surface area contributed by atoms with Crippen molar-refractivity contribution >= 4 is 0 Å². The molecule has 4 heteroatoms. The Labute approximate surface area is 90.3 Å². The SMILES string of the molecule is CCn1ccnc1C1(O)CCNCC1C. The van der Waals surface area contributed by atoms with Crippen molar-refractivity contribution in [2.45, 2.75) is 32.4 Å². The monoisotopic (exact) mass is 209 g/mol. The summed E-state index contributed by atoms with van der Waals surface area (Å²) in [4.78, 5) is 4.32. The molecule has 0 saturated carbocycles. The Hall–Kier alpha value is -0.870. The fourth-order valence-corrected chi connectivity index (χ4v) is 2.29. The number of aliphatic hydroxyl groups is 1. The highest BCUT2D eigenvalue weighted by Crippen LogP contribution is 2.33. The summed E-state index contributed by atoms with van der Waals surface area (Å²) in [6.07, 6.45) is 4.44. The molecule has 0 spiro atoms. The van der Waals surface area contributed by atoms with Crippen LogP contribution in [0.1, 0.15) is 26.1 Å². The highest BCUT2D eigenvalue weighted by atomic mass is 16.3. The fraction of sp³-hybridized carbons (Fsp3) is 0.727. The summed E-state index contributed by atoms with van der Waals surface area (Å²) in [5.74, 6) is 1.03.